The van der Waals surface area contributed by atoms with Crippen molar-refractivity contribution in [2.24, 2.45) is 0 Å². The summed E-state index contributed by atoms with van der Waals surface area (Å²) in [6, 6.07) is -0.138. The number of rotatable bonds is 2. The molecule has 0 saturated carbocycles. The van der Waals surface area contributed by atoms with E-state index in [1.165, 1.54) is 6.33 Å². The number of carbonyl (C=O) groups excluding carboxylic acids is 1. The highest BCUT2D eigenvalue weighted by Crippen LogP contribution is 2.30. The number of aromatic nitrogens is 2. The van der Waals surface area contributed by atoms with E-state index in [2.05, 4.69) is 21.9 Å². The zero-order chi connectivity index (χ0) is 14.8. The number of nitrogens with zero attached hydrogens (tertiary/aromatic N) is 5. The minimum Gasteiger partial charge on any atom is -0.343 e. The van der Waals surface area contributed by atoms with Crippen LogP contribution in [-0.4, -0.2) is 71.5 Å². The summed E-state index contributed by atoms with van der Waals surface area (Å²) in [5, 5.41) is 0.510. The lowest BCUT2D eigenvalue weighted by Gasteiger charge is -2.36. The quantitative estimate of drug-likeness (QED) is 0.811. The van der Waals surface area contributed by atoms with E-state index in [9.17, 15) is 4.79 Å². The molecule has 2 saturated heterocycles. The molecule has 0 bridgehead atoms. The molecule has 1 amide bonds. The molecule has 3 rings (SSSR count). The molecule has 1 atom stereocenters. The minimum absolute atomic E-state index is 0.138. The Labute approximate surface area is 129 Å². The molecule has 2 fully saturated rings. The molecule has 2 aliphatic rings. The Balaban J connectivity index is 1.75. The Morgan fingerprint density at radius 2 is 2.05 bits per heavy atom. The van der Waals surface area contributed by atoms with Crippen LogP contribution in [0.2, 0.25) is 5.02 Å². The number of hydrogen-bond donors (Lipinski definition) is 0. The van der Waals surface area contributed by atoms with Gasteiger partial charge >= 0.3 is 0 Å². The van der Waals surface area contributed by atoms with Crippen molar-refractivity contribution in [1.82, 2.24) is 19.8 Å². The van der Waals surface area contributed by atoms with Gasteiger partial charge in [0.1, 0.15) is 17.4 Å². The SMILES string of the molecule is CN1CCN(C(=O)C2CCCN2c2ncncc2Cl)CC1. The summed E-state index contributed by atoms with van der Waals surface area (Å²) >= 11 is 6.18. The number of amides is 1. The number of carbonyl (C=O) groups is 1. The Morgan fingerprint density at radius 3 is 2.76 bits per heavy atom. The molecule has 114 valence electrons. The predicted molar refractivity (Wildman–Crippen MR) is 81.5 cm³/mol. The summed E-state index contributed by atoms with van der Waals surface area (Å²) in [7, 11) is 2.09. The van der Waals surface area contributed by atoms with Gasteiger partial charge in [-0.3, -0.25) is 4.79 Å². The first-order chi connectivity index (χ1) is 10.2. The highest BCUT2D eigenvalue weighted by Gasteiger charge is 2.36. The summed E-state index contributed by atoms with van der Waals surface area (Å²) < 4.78 is 0. The topological polar surface area (TPSA) is 52.6 Å². The minimum atomic E-state index is -0.138. The third-order valence-electron chi connectivity index (χ3n) is 4.27. The van der Waals surface area contributed by atoms with Crippen LogP contribution in [0.25, 0.3) is 0 Å². The van der Waals surface area contributed by atoms with Gasteiger partial charge in [-0.2, -0.15) is 0 Å². The Morgan fingerprint density at radius 1 is 1.29 bits per heavy atom. The van der Waals surface area contributed by atoms with Crippen LogP contribution >= 0.6 is 11.6 Å². The van der Waals surface area contributed by atoms with Crippen LogP contribution in [0.3, 0.4) is 0 Å². The molecule has 0 radical (unpaired) electrons. The molecule has 2 aliphatic heterocycles. The molecule has 7 heteroatoms. The largest absolute Gasteiger partial charge is 0.343 e. The van der Waals surface area contributed by atoms with Crippen molar-refractivity contribution in [1.29, 1.82) is 0 Å². The highest BCUT2D eigenvalue weighted by molar-refractivity contribution is 6.32. The molecule has 0 N–H and O–H groups in total. The summed E-state index contributed by atoms with van der Waals surface area (Å²) in [4.78, 5) is 27.2. The van der Waals surface area contributed by atoms with Crippen LogP contribution in [0.5, 0.6) is 0 Å². The zero-order valence-corrected chi connectivity index (χ0v) is 13.0. The van der Waals surface area contributed by atoms with E-state index >= 15 is 0 Å². The number of hydrogen-bond acceptors (Lipinski definition) is 5. The first-order valence-corrected chi connectivity index (χ1v) is 7.74. The fourth-order valence-electron chi connectivity index (χ4n) is 3.03. The van der Waals surface area contributed by atoms with Crippen molar-refractivity contribution in [3.8, 4) is 0 Å². The van der Waals surface area contributed by atoms with Crippen LogP contribution in [0.15, 0.2) is 12.5 Å². The van der Waals surface area contributed by atoms with Crippen LogP contribution in [0, 0.1) is 0 Å². The van der Waals surface area contributed by atoms with Gasteiger partial charge in [0.25, 0.3) is 0 Å². The highest BCUT2D eigenvalue weighted by atomic mass is 35.5. The fraction of sp³-hybridized carbons (Fsp3) is 0.643. The first-order valence-electron chi connectivity index (χ1n) is 7.36. The number of piperazine rings is 1. The lowest BCUT2D eigenvalue weighted by atomic mass is 10.1. The van der Waals surface area contributed by atoms with Crippen molar-refractivity contribution < 1.29 is 4.79 Å². The second kappa shape index (κ2) is 6.15. The van der Waals surface area contributed by atoms with Crippen molar-refractivity contribution in [2.75, 3.05) is 44.7 Å². The van der Waals surface area contributed by atoms with E-state index in [1.807, 2.05) is 9.80 Å². The van der Waals surface area contributed by atoms with Gasteiger partial charge in [-0.1, -0.05) is 11.6 Å². The van der Waals surface area contributed by atoms with Gasteiger partial charge in [0.2, 0.25) is 5.91 Å². The molecular weight excluding hydrogens is 290 g/mol. The lowest BCUT2D eigenvalue weighted by Crippen LogP contribution is -2.53. The molecule has 0 aliphatic carbocycles. The van der Waals surface area contributed by atoms with Gasteiger partial charge in [-0.15, -0.1) is 0 Å². The van der Waals surface area contributed by atoms with Gasteiger partial charge in [-0.25, -0.2) is 9.97 Å². The number of anilines is 1. The normalized spacial score (nSPS) is 23.6. The van der Waals surface area contributed by atoms with Crippen molar-refractivity contribution in [3.05, 3.63) is 17.5 Å². The van der Waals surface area contributed by atoms with Gasteiger partial charge in [0.05, 0.1) is 6.20 Å². The molecule has 6 nitrogen and oxygen atoms in total. The lowest BCUT2D eigenvalue weighted by molar-refractivity contribution is -0.134. The molecule has 0 spiro atoms. The Hall–Kier alpha value is -1.40. The van der Waals surface area contributed by atoms with Gasteiger partial charge in [0, 0.05) is 32.7 Å². The monoisotopic (exact) mass is 309 g/mol. The average Bonchev–Trinajstić information content (AvgIpc) is 2.97. The molecule has 21 heavy (non-hydrogen) atoms. The standard InChI is InChI=1S/C14H20ClN5O/c1-18-5-7-19(8-6-18)14(21)12-3-2-4-20(12)13-11(15)9-16-10-17-13/h9-10,12H,2-8H2,1H3. The Bertz CT molecular complexity index is 518. The van der Waals surface area contributed by atoms with Crippen LogP contribution in [-0.2, 0) is 4.79 Å². The van der Waals surface area contributed by atoms with Crippen LogP contribution in [0.4, 0.5) is 5.82 Å². The van der Waals surface area contributed by atoms with Gasteiger partial charge < -0.3 is 14.7 Å². The van der Waals surface area contributed by atoms with Crippen molar-refractivity contribution in [2.45, 2.75) is 18.9 Å². The maximum atomic E-state index is 12.8. The molecule has 1 aromatic heterocycles. The molecule has 1 aromatic rings. The average molecular weight is 310 g/mol. The van der Waals surface area contributed by atoms with E-state index in [0.29, 0.717) is 10.8 Å². The summed E-state index contributed by atoms with van der Waals surface area (Å²) in [6.07, 6.45) is 4.92. The maximum Gasteiger partial charge on any atom is 0.245 e. The van der Waals surface area contributed by atoms with E-state index in [-0.39, 0.29) is 11.9 Å². The summed E-state index contributed by atoms with van der Waals surface area (Å²) in [6.45, 7) is 4.30. The first kappa shape index (κ1) is 14.5. The Kier molecular flexibility index (Phi) is 4.26. The molecule has 1 unspecified atom stereocenters. The zero-order valence-electron chi connectivity index (χ0n) is 12.2. The fourth-order valence-corrected chi connectivity index (χ4v) is 3.25. The van der Waals surface area contributed by atoms with E-state index in [4.69, 9.17) is 11.6 Å². The molecule has 0 aromatic carbocycles. The van der Waals surface area contributed by atoms with Crippen LogP contribution < -0.4 is 4.90 Å². The molecular formula is C14H20ClN5O. The van der Waals surface area contributed by atoms with E-state index in [0.717, 1.165) is 45.6 Å². The van der Waals surface area contributed by atoms with Crippen LogP contribution in [0.1, 0.15) is 12.8 Å². The summed E-state index contributed by atoms with van der Waals surface area (Å²) in [5.74, 6) is 0.881. The van der Waals surface area contributed by atoms with E-state index in [1.54, 1.807) is 6.20 Å². The second-order valence-electron chi connectivity index (χ2n) is 5.67. The maximum absolute atomic E-state index is 12.8. The van der Waals surface area contributed by atoms with Gasteiger partial charge in [0.15, 0.2) is 5.82 Å². The molecule has 3 heterocycles. The van der Waals surface area contributed by atoms with E-state index < -0.39 is 0 Å². The third kappa shape index (κ3) is 2.96. The predicted octanol–water partition coefficient (Wildman–Crippen LogP) is 0.873. The number of halogens is 1. The van der Waals surface area contributed by atoms with Crippen molar-refractivity contribution in [3.63, 3.8) is 0 Å². The van der Waals surface area contributed by atoms with Gasteiger partial charge in [-0.05, 0) is 19.9 Å². The third-order valence-corrected chi connectivity index (χ3v) is 4.54. The number of likely N-dealkylation sites (N-methyl/N-ethyl adjacent to an activating group) is 1. The smallest absolute Gasteiger partial charge is 0.245 e. The second-order valence-corrected chi connectivity index (χ2v) is 6.08. The van der Waals surface area contributed by atoms with Crippen molar-refractivity contribution >= 4 is 23.3 Å². The summed E-state index contributed by atoms with van der Waals surface area (Å²) in [5.41, 5.74) is 0.